The predicted molar refractivity (Wildman–Crippen MR) is 77.9 cm³/mol. The summed E-state index contributed by atoms with van der Waals surface area (Å²) in [4.78, 5) is 12.6. The standard InChI is InChI=1S/C13H12N8O/c1-3-22-8-17-11-9(4-14)5-19-21(11)13-10-6-18-20(2)12(10)15-7-16-13/h5-8H,3H2,1-2H3/b17-8-. The van der Waals surface area contributed by atoms with Crippen LogP contribution in [-0.4, -0.2) is 42.5 Å². The normalized spacial score (nSPS) is 11.1. The van der Waals surface area contributed by atoms with Gasteiger partial charge in [0.2, 0.25) is 0 Å². The van der Waals surface area contributed by atoms with Crippen molar-refractivity contribution in [3.8, 4) is 11.9 Å². The van der Waals surface area contributed by atoms with Gasteiger partial charge in [-0.2, -0.15) is 25.1 Å². The topological polar surface area (TPSA) is 107 Å². The summed E-state index contributed by atoms with van der Waals surface area (Å²) in [6, 6.07) is 2.05. The molecule has 9 nitrogen and oxygen atoms in total. The van der Waals surface area contributed by atoms with E-state index in [0.717, 1.165) is 0 Å². The molecule has 3 heterocycles. The Morgan fingerprint density at radius 1 is 1.36 bits per heavy atom. The van der Waals surface area contributed by atoms with Gasteiger partial charge in [0.1, 0.15) is 18.0 Å². The quantitative estimate of drug-likeness (QED) is 0.527. The maximum atomic E-state index is 9.19. The molecule has 0 aliphatic carbocycles. The second kappa shape index (κ2) is 5.61. The average Bonchev–Trinajstić information content (AvgIpc) is 3.11. The minimum absolute atomic E-state index is 0.326. The van der Waals surface area contributed by atoms with E-state index in [1.54, 1.807) is 17.9 Å². The Morgan fingerprint density at radius 2 is 2.23 bits per heavy atom. The highest BCUT2D eigenvalue weighted by Crippen LogP contribution is 2.25. The van der Waals surface area contributed by atoms with Crippen molar-refractivity contribution in [1.82, 2.24) is 29.5 Å². The number of aryl methyl sites for hydroxylation is 1. The van der Waals surface area contributed by atoms with Crippen molar-refractivity contribution < 1.29 is 4.74 Å². The summed E-state index contributed by atoms with van der Waals surface area (Å²) in [5.41, 5.74) is 0.991. The SMILES string of the molecule is CCO/C=N\c1c(C#N)cnn1-c1ncnc2c1cnn2C. The molecule has 0 unspecified atom stereocenters. The van der Waals surface area contributed by atoms with E-state index in [9.17, 15) is 5.26 Å². The van der Waals surface area contributed by atoms with E-state index in [-0.39, 0.29) is 0 Å². The van der Waals surface area contributed by atoms with Crippen LogP contribution in [-0.2, 0) is 11.8 Å². The Bertz CT molecular complexity index is 885. The molecule has 0 fully saturated rings. The van der Waals surface area contributed by atoms with Crippen molar-refractivity contribution in [3.05, 3.63) is 24.3 Å². The zero-order chi connectivity index (χ0) is 15.5. The average molecular weight is 296 g/mol. The van der Waals surface area contributed by atoms with Gasteiger partial charge in [-0.3, -0.25) is 4.68 Å². The Balaban J connectivity index is 2.19. The van der Waals surface area contributed by atoms with E-state index in [1.165, 1.54) is 23.6 Å². The van der Waals surface area contributed by atoms with Crippen molar-refractivity contribution in [3.63, 3.8) is 0 Å². The van der Waals surface area contributed by atoms with Crippen LogP contribution in [0, 0.1) is 11.3 Å². The summed E-state index contributed by atoms with van der Waals surface area (Å²) in [6.07, 6.45) is 5.79. The third-order valence-corrected chi connectivity index (χ3v) is 2.99. The van der Waals surface area contributed by atoms with Crippen LogP contribution in [0.3, 0.4) is 0 Å². The lowest BCUT2D eigenvalue weighted by Crippen LogP contribution is -2.02. The lowest BCUT2D eigenvalue weighted by Gasteiger charge is -2.04. The van der Waals surface area contributed by atoms with Crippen LogP contribution in [0.1, 0.15) is 12.5 Å². The molecule has 0 amide bonds. The number of nitriles is 1. The molecule has 0 aromatic carbocycles. The molecular weight excluding hydrogens is 284 g/mol. The number of nitrogens with zero attached hydrogens (tertiary/aromatic N) is 8. The summed E-state index contributed by atoms with van der Waals surface area (Å²) in [7, 11) is 1.79. The molecule has 3 aromatic rings. The Hall–Kier alpha value is -3.28. The molecule has 110 valence electrons. The minimum Gasteiger partial charge on any atom is -0.483 e. The lowest BCUT2D eigenvalue weighted by molar-refractivity contribution is 0.343. The number of fused-ring (bicyclic) bond motifs is 1. The molecule has 0 radical (unpaired) electrons. The number of aliphatic imine (C=N–C) groups is 1. The number of hydrogen-bond acceptors (Lipinski definition) is 7. The highest BCUT2D eigenvalue weighted by Gasteiger charge is 2.16. The van der Waals surface area contributed by atoms with E-state index in [2.05, 4.69) is 25.2 Å². The van der Waals surface area contributed by atoms with Gasteiger partial charge in [-0.15, -0.1) is 0 Å². The van der Waals surface area contributed by atoms with Crippen LogP contribution in [0.15, 0.2) is 23.7 Å². The summed E-state index contributed by atoms with van der Waals surface area (Å²) in [6.45, 7) is 2.33. The molecule has 0 bridgehead atoms. The molecule has 0 spiro atoms. The maximum absolute atomic E-state index is 9.19. The fourth-order valence-corrected chi connectivity index (χ4v) is 1.98. The first kappa shape index (κ1) is 13.7. The second-order valence-corrected chi connectivity index (χ2v) is 4.30. The predicted octanol–water partition coefficient (Wildman–Crippen LogP) is 1.12. The van der Waals surface area contributed by atoms with Crippen LogP contribution in [0.25, 0.3) is 16.9 Å². The molecule has 0 atom stereocenters. The number of ether oxygens (including phenoxy) is 1. The van der Waals surface area contributed by atoms with Gasteiger partial charge in [-0.25, -0.2) is 9.97 Å². The van der Waals surface area contributed by atoms with Gasteiger partial charge in [0.25, 0.3) is 0 Å². The van der Waals surface area contributed by atoms with Gasteiger partial charge in [0, 0.05) is 7.05 Å². The van der Waals surface area contributed by atoms with E-state index in [1.807, 2.05) is 13.0 Å². The molecule has 0 aliphatic heterocycles. The summed E-state index contributed by atoms with van der Waals surface area (Å²) in [5.74, 6) is 0.850. The third kappa shape index (κ3) is 2.16. The van der Waals surface area contributed by atoms with Crippen molar-refractivity contribution in [2.75, 3.05) is 6.61 Å². The Labute approximate surface area is 125 Å². The first-order valence-corrected chi connectivity index (χ1v) is 6.51. The lowest BCUT2D eigenvalue weighted by atomic mass is 10.3. The van der Waals surface area contributed by atoms with Crippen LogP contribution in [0.5, 0.6) is 0 Å². The smallest absolute Gasteiger partial charge is 0.178 e. The fraction of sp³-hybridized carbons (Fsp3) is 0.231. The highest BCUT2D eigenvalue weighted by atomic mass is 16.5. The molecule has 22 heavy (non-hydrogen) atoms. The minimum atomic E-state index is 0.326. The second-order valence-electron chi connectivity index (χ2n) is 4.30. The van der Waals surface area contributed by atoms with Gasteiger partial charge in [0.15, 0.2) is 23.7 Å². The largest absolute Gasteiger partial charge is 0.483 e. The molecule has 9 heteroatoms. The van der Waals surface area contributed by atoms with Crippen LogP contribution in [0.4, 0.5) is 5.82 Å². The third-order valence-electron chi connectivity index (χ3n) is 2.99. The van der Waals surface area contributed by atoms with Crippen LogP contribution >= 0.6 is 0 Å². The molecule has 3 rings (SSSR count). The molecular formula is C13H12N8O. The first-order valence-electron chi connectivity index (χ1n) is 6.51. The fourth-order valence-electron chi connectivity index (χ4n) is 1.98. The van der Waals surface area contributed by atoms with Crippen LogP contribution in [0.2, 0.25) is 0 Å². The molecule has 0 saturated heterocycles. The van der Waals surface area contributed by atoms with Gasteiger partial charge < -0.3 is 4.74 Å². The van der Waals surface area contributed by atoms with Gasteiger partial charge >= 0.3 is 0 Å². The summed E-state index contributed by atoms with van der Waals surface area (Å²) in [5, 5.41) is 18.3. The van der Waals surface area contributed by atoms with Crippen molar-refractivity contribution in [2.24, 2.45) is 12.0 Å². The van der Waals surface area contributed by atoms with E-state index in [0.29, 0.717) is 34.8 Å². The number of aromatic nitrogens is 6. The van der Waals surface area contributed by atoms with E-state index < -0.39 is 0 Å². The zero-order valence-corrected chi connectivity index (χ0v) is 12.0. The van der Waals surface area contributed by atoms with Crippen molar-refractivity contribution >= 4 is 23.3 Å². The summed E-state index contributed by atoms with van der Waals surface area (Å²) >= 11 is 0. The van der Waals surface area contributed by atoms with E-state index in [4.69, 9.17) is 4.74 Å². The highest BCUT2D eigenvalue weighted by molar-refractivity contribution is 5.82. The van der Waals surface area contributed by atoms with Crippen LogP contribution < -0.4 is 0 Å². The zero-order valence-electron chi connectivity index (χ0n) is 12.0. The molecule has 3 aromatic heterocycles. The Morgan fingerprint density at radius 3 is 3.00 bits per heavy atom. The summed E-state index contributed by atoms with van der Waals surface area (Å²) < 4.78 is 8.21. The van der Waals surface area contributed by atoms with Crippen molar-refractivity contribution in [1.29, 1.82) is 5.26 Å². The maximum Gasteiger partial charge on any atom is 0.178 e. The number of rotatable bonds is 4. The van der Waals surface area contributed by atoms with Gasteiger partial charge in [-0.1, -0.05) is 0 Å². The first-order chi connectivity index (χ1) is 10.8. The monoisotopic (exact) mass is 296 g/mol. The van der Waals surface area contributed by atoms with Crippen molar-refractivity contribution in [2.45, 2.75) is 6.92 Å². The molecule has 0 N–H and O–H groups in total. The molecule has 0 saturated carbocycles. The molecule has 0 aliphatic rings. The van der Waals surface area contributed by atoms with Gasteiger partial charge in [0.05, 0.1) is 24.4 Å². The number of hydrogen-bond donors (Lipinski definition) is 0. The Kier molecular flexibility index (Phi) is 3.49. The van der Waals surface area contributed by atoms with E-state index >= 15 is 0 Å². The van der Waals surface area contributed by atoms with Gasteiger partial charge in [-0.05, 0) is 6.92 Å².